The van der Waals surface area contributed by atoms with Gasteiger partial charge in [0.05, 0.1) is 0 Å². The molecule has 4 nitrogen and oxygen atoms in total. The summed E-state index contributed by atoms with van der Waals surface area (Å²) in [6.07, 6.45) is 3.00. The number of carbonyl (C=O) groups is 2. The van der Waals surface area contributed by atoms with Gasteiger partial charge in [-0.2, -0.15) is 0 Å². The van der Waals surface area contributed by atoms with E-state index in [0.717, 1.165) is 15.6 Å². The number of amides is 1. The molecule has 0 unspecified atom stereocenters. The van der Waals surface area contributed by atoms with Gasteiger partial charge in [0.15, 0.2) is 0 Å². The zero-order valence-corrected chi connectivity index (χ0v) is 14.2. The highest BCUT2D eigenvalue weighted by molar-refractivity contribution is 9.10. The molecule has 0 saturated heterocycles. The van der Waals surface area contributed by atoms with Gasteiger partial charge in [0.2, 0.25) is 5.91 Å². The average molecular weight is 354 g/mol. The van der Waals surface area contributed by atoms with Crippen molar-refractivity contribution in [1.82, 2.24) is 5.32 Å². The molecule has 2 N–H and O–H groups in total. The van der Waals surface area contributed by atoms with E-state index in [9.17, 15) is 14.7 Å². The van der Waals surface area contributed by atoms with Gasteiger partial charge in [-0.05, 0) is 35.6 Å². The minimum absolute atomic E-state index is 0.426. The van der Waals surface area contributed by atoms with Crippen LogP contribution in [-0.4, -0.2) is 23.0 Å². The number of aliphatic carboxylic acids is 1. The molecule has 1 aromatic carbocycles. The number of nitrogens with one attached hydrogen (secondary N) is 1. The Labute approximate surface area is 133 Å². The predicted molar refractivity (Wildman–Crippen MR) is 86.9 cm³/mol. The average Bonchev–Trinajstić information content (AvgIpc) is 2.33. The largest absolute Gasteiger partial charge is 0.480 e. The van der Waals surface area contributed by atoms with Crippen molar-refractivity contribution in [2.75, 3.05) is 0 Å². The van der Waals surface area contributed by atoms with Crippen molar-refractivity contribution in [3.05, 3.63) is 39.9 Å². The third-order valence-electron chi connectivity index (χ3n) is 2.97. The van der Waals surface area contributed by atoms with Crippen molar-refractivity contribution < 1.29 is 14.7 Å². The van der Waals surface area contributed by atoms with Gasteiger partial charge in [0.1, 0.15) is 6.04 Å². The van der Waals surface area contributed by atoms with Gasteiger partial charge in [-0.3, -0.25) is 4.79 Å². The van der Waals surface area contributed by atoms with E-state index in [1.165, 1.54) is 6.08 Å². The van der Waals surface area contributed by atoms with Gasteiger partial charge in [-0.15, -0.1) is 0 Å². The van der Waals surface area contributed by atoms with Crippen LogP contribution in [0.25, 0.3) is 6.08 Å². The van der Waals surface area contributed by atoms with Crippen molar-refractivity contribution in [3.8, 4) is 0 Å². The Morgan fingerprint density at radius 1 is 1.33 bits per heavy atom. The van der Waals surface area contributed by atoms with Gasteiger partial charge in [0, 0.05) is 10.5 Å². The molecule has 0 saturated carbocycles. The van der Waals surface area contributed by atoms with E-state index in [1.54, 1.807) is 26.8 Å². The third kappa shape index (κ3) is 5.34. The maximum atomic E-state index is 11.9. The minimum atomic E-state index is -1.04. The van der Waals surface area contributed by atoms with E-state index in [4.69, 9.17) is 0 Å². The van der Waals surface area contributed by atoms with Crippen molar-refractivity contribution in [2.45, 2.75) is 33.7 Å². The molecule has 21 heavy (non-hydrogen) atoms. The molecule has 0 aliphatic rings. The molecule has 1 amide bonds. The lowest BCUT2D eigenvalue weighted by Crippen LogP contribution is -2.48. The van der Waals surface area contributed by atoms with Gasteiger partial charge in [0.25, 0.3) is 0 Å². The molecule has 114 valence electrons. The monoisotopic (exact) mass is 353 g/mol. The van der Waals surface area contributed by atoms with Crippen LogP contribution in [0.1, 0.15) is 31.9 Å². The molecule has 0 aromatic heterocycles. The normalized spacial score (nSPS) is 13.2. The van der Waals surface area contributed by atoms with Crippen LogP contribution in [0, 0.1) is 12.3 Å². The van der Waals surface area contributed by atoms with Crippen LogP contribution >= 0.6 is 15.9 Å². The van der Waals surface area contributed by atoms with Crippen LogP contribution < -0.4 is 5.32 Å². The molecule has 1 rings (SSSR count). The molecule has 0 heterocycles. The highest BCUT2D eigenvalue weighted by Crippen LogP contribution is 2.21. The lowest BCUT2D eigenvalue weighted by atomic mass is 9.87. The fraction of sp³-hybridized carbons (Fsp3) is 0.375. The van der Waals surface area contributed by atoms with Crippen LogP contribution in [-0.2, 0) is 9.59 Å². The van der Waals surface area contributed by atoms with E-state index in [1.807, 2.05) is 25.1 Å². The van der Waals surface area contributed by atoms with Crippen LogP contribution in [0.4, 0.5) is 0 Å². The fourth-order valence-electron chi connectivity index (χ4n) is 1.77. The molecule has 1 atom stereocenters. The molecule has 0 aliphatic heterocycles. The van der Waals surface area contributed by atoms with Crippen LogP contribution in [0.5, 0.6) is 0 Å². The Balaban J connectivity index is 2.81. The predicted octanol–water partition coefficient (Wildman–Crippen LogP) is 3.39. The van der Waals surface area contributed by atoms with Crippen molar-refractivity contribution in [2.24, 2.45) is 5.41 Å². The highest BCUT2D eigenvalue weighted by Gasteiger charge is 2.31. The molecule has 0 fully saturated rings. The van der Waals surface area contributed by atoms with E-state index in [-0.39, 0.29) is 0 Å². The lowest BCUT2D eigenvalue weighted by molar-refractivity contribution is -0.144. The second kappa shape index (κ2) is 6.89. The minimum Gasteiger partial charge on any atom is -0.480 e. The fourth-order valence-corrected chi connectivity index (χ4v) is 2.40. The highest BCUT2D eigenvalue weighted by atomic mass is 79.9. The van der Waals surface area contributed by atoms with Gasteiger partial charge in [-0.25, -0.2) is 4.79 Å². The summed E-state index contributed by atoms with van der Waals surface area (Å²) in [6, 6.07) is 4.85. The molecule has 0 spiro atoms. The van der Waals surface area contributed by atoms with Gasteiger partial charge in [-0.1, -0.05) is 48.8 Å². The lowest BCUT2D eigenvalue weighted by Gasteiger charge is -2.27. The summed E-state index contributed by atoms with van der Waals surface area (Å²) in [7, 11) is 0. The number of aryl methyl sites for hydroxylation is 1. The first kappa shape index (κ1) is 17.4. The van der Waals surface area contributed by atoms with Crippen molar-refractivity contribution in [1.29, 1.82) is 0 Å². The first-order valence-corrected chi connectivity index (χ1v) is 7.38. The number of carboxylic acids is 1. The zero-order chi connectivity index (χ0) is 16.2. The van der Waals surface area contributed by atoms with Crippen LogP contribution in [0.15, 0.2) is 28.7 Å². The summed E-state index contributed by atoms with van der Waals surface area (Å²) in [6.45, 7) is 7.29. The number of carbonyl (C=O) groups excluding carboxylic acids is 1. The molecular formula is C16H20BrNO3. The van der Waals surface area contributed by atoms with Gasteiger partial charge >= 0.3 is 5.97 Å². The first-order valence-electron chi connectivity index (χ1n) is 6.59. The summed E-state index contributed by atoms with van der Waals surface area (Å²) >= 11 is 3.43. The Morgan fingerprint density at radius 3 is 2.43 bits per heavy atom. The van der Waals surface area contributed by atoms with E-state index in [2.05, 4.69) is 21.2 Å². The van der Waals surface area contributed by atoms with E-state index < -0.39 is 23.3 Å². The number of halogens is 1. The molecule has 0 aliphatic carbocycles. The number of benzene rings is 1. The third-order valence-corrected chi connectivity index (χ3v) is 3.66. The van der Waals surface area contributed by atoms with Crippen LogP contribution in [0.2, 0.25) is 0 Å². The molecular weight excluding hydrogens is 334 g/mol. The van der Waals surface area contributed by atoms with Crippen molar-refractivity contribution in [3.63, 3.8) is 0 Å². The smallest absolute Gasteiger partial charge is 0.326 e. The van der Waals surface area contributed by atoms with E-state index >= 15 is 0 Å². The van der Waals surface area contributed by atoms with Gasteiger partial charge < -0.3 is 10.4 Å². The first-order chi connectivity index (χ1) is 9.61. The number of carboxylic acid groups (broad SMARTS) is 1. The Hall–Kier alpha value is -1.62. The van der Waals surface area contributed by atoms with E-state index in [0.29, 0.717) is 0 Å². The zero-order valence-electron chi connectivity index (χ0n) is 12.6. The molecule has 0 radical (unpaired) electrons. The topological polar surface area (TPSA) is 66.4 Å². The molecule has 1 aromatic rings. The summed E-state index contributed by atoms with van der Waals surface area (Å²) in [5.41, 5.74) is 1.42. The summed E-state index contributed by atoms with van der Waals surface area (Å²) < 4.78 is 0.886. The molecule has 0 bridgehead atoms. The number of hydrogen-bond acceptors (Lipinski definition) is 2. The quantitative estimate of drug-likeness (QED) is 0.815. The van der Waals surface area contributed by atoms with Crippen LogP contribution in [0.3, 0.4) is 0 Å². The Morgan fingerprint density at radius 2 is 1.95 bits per heavy atom. The van der Waals surface area contributed by atoms with Crippen molar-refractivity contribution >= 4 is 33.9 Å². The number of hydrogen-bond donors (Lipinski definition) is 2. The summed E-state index contributed by atoms with van der Waals surface area (Å²) in [4.78, 5) is 23.1. The Kier molecular flexibility index (Phi) is 5.72. The standard InChI is InChI=1S/C16H20BrNO3/c1-10-5-6-11(12(17)9-10)7-8-13(19)18-14(15(20)21)16(2,3)4/h5-9,14H,1-4H3,(H,18,19)(H,20,21)/b8-7+/t14-/m0/s1. The number of rotatable bonds is 4. The summed E-state index contributed by atoms with van der Waals surface area (Å²) in [5, 5.41) is 11.7. The second-order valence-electron chi connectivity index (χ2n) is 6.00. The summed E-state index contributed by atoms with van der Waals surface area (Å²) in [5.74, 6) is -1.47. The second-order valence-corrected chi connectivity index (χ2v) is 6.86. The maximum absolute atomic E-state index is 11.9. The Bertz CT molecular complexity index is 573. The molecule has 5 heteroatoms. The SMILES string of the molecule is Cc1ccc(/C=C/C(=O)N[C@@H](C(=O)O)C(C)(C)C)c(Br)c1. The maximum Gasteiger partial charge on any atom is 0.326 e.